The lowest BCUT2D eigenvalue weighted by molar-refractivity contribution is -0.132. The Kier molecular flexibility index (Phi) is 6.91. The van der Waals surface area contributed by atoms with Crippen molar-refractivity contribution in [1.29, 1.82) is 0 Å². The van der Waals surface area contributed by atoms with Gasteiger partial charge in [0.15, 0.2) is 0 Å². The van der Waals surface area contributed by atoms with Crippen LogP contribution in [0.3, 0.4) is 0 Å². The fourth-order valence-electron chi connectivity index (χ4n) is 3.94. The molecule has 1 aromatic heterocycles. The molecule has 1 atom stereocenters. The summed E-state index contributed by atoms with van der Waals surface area (Å²) in [5.74, 6) is -2.06. The van der Waals surface area contributed by atoms with Crippen LogP contribution in [0.25, 0.3) is 5.76 Å². The van der Waals surface area contributed by atoms with Gasteiger partial charge in [0.2, 0.25) is 0 Å². The van der Waals surface area contributed by atoms with Crippen LogP contribution in [0.15, 0.2) is 78.6 Å². The van der Waals surface area contributed by atoms with Crippen LogP contribution < -0.4 is 9.64 Å². The number of hydrogen-bond donors (Lipinski definition) is 1. The Balaban J connectivity index is 1.86. The van der Waals surface area contributed by atoms with Gasteiger partial charge in [-0.25, -0.2) is 4.79 Å². The Morgan fingerprint density at radius 2 is 1.83 bits per heavy atom. The van der Waals surface area contributed by atoms with E-state index in [1.807, 2.05) is 6.92 Å². The Morgan fingerprint density at radius 3 is 2.54 bits per heavy atom. The standard InChI is InChI=1S/C27H24N2O6/c1-3-13-35-27(33)18-8-4-10-20(14-18)29-23(19-9-6-12-28-16-19)22(25(31)26(29)32)24(30)17-7-5-11-21(15-17)34-2/h4-12,14-16,23,30H,3,13H2,1-2H3/b24-22+. The number of rotatable bonds is 7. The molecule has 35 heavy (non-hydrogen) atoms. The largest absolute Gasteiger partial charge is 0.507 e. The van der Waals surface area contributed by atoms with Crippen molar-refractivity contribution >= 4 is 29.1 Å². The zero-order chi connectivity index (χ0) is 24.9. The quantitative estimate of drug-likeness (QED) is 0.237. The molecule has 1 aliphatic heterocycles. The molecular formula is C27H24N2O6. The summed E-state index contributed by atoms with van der Waals surface area (Å²) in [5, 5.41) is 11.2. The molecule has 0 spiro atoms. The Bertz CT molecular complexity index is 1300. The van der Waals surface area contributed by atoms with E-state index >= 15 is 0 Å². The lowest BCUT2D eigenvalue weighted by Gasteiger charge is -2.25. The summed E-state index contributed by atoms with van der Waals surface area (Å²) in [6.45, 7) is 2.16. The number of carbonyl (C=O) groups excluding carboxylic acids is 3. The minimum atomic E-state index is -0.961. The monoisotopic (exact) mass is 472 g/mol. The van der Waals surface area contributed by atoms with Gasteiger partial charge in [0.25, 0.3) is 11.7 Å². The number of nitrogens with zero attached hydrogens (tertiary/aromatic N) is 2. The lowest BCUT2D eigenvalue weighted by Crippen LogP contribution is -2.29. The van der Waals surface area contributed by atoms with Crippen molar-refractivity contribution in [1.82, 2.24) is 4.98 Å². The minimum absolute atomic E-state index is 0.0878. The second-order valence-electron chi connectivity index (χ2n) is 7.87. The number of aliphatic hydroxyl groups is 1. The van der Waals surface area contributed by atoms with Crippen molar-refractivity contribution in [3.05, 3.63) is 95.3 Å². The number of amides is 1. The number of pyridine rings is 1. The lowest BCUT2D eigenvalue weighted by atomic mass is 9.96. The highest BCUT2D eigenvalue weighted by molar-refractivity contribution is 6.51. The van der Waals surface area contributed by atoms with E-state index in [0.717, 1.165) is 0 Å². The smallest absolute Gasteiger partial charge is 0.338 e. The number of anilines is 1. The van der Waals surface area contributed by atoms with E-state index in [0.29, 0.717) is 29.0 Å². The van der Waals surface area contributed by atoms with Gasteiger partial charge in [-0.3, -0.25) is 19.5 Å². The molecule has 0 radical (unpaired) electrons. The Hall–Kier alpha value is -4.46. The molecule has 1 fully saturated rings. The van der Waals surface area contributed by atoms with E-state index in [1.165, 1.54) is 24.3 Å². The summed E-state index contributed by atoms with van der Waals surface area (Å²) in [4.78, 5) is 44.4. The highest BCUT2D eigenvalue weighted by atomic mass is 16.5. The number of esters is 1. The van der Waals surface area contributed by atoms with Crippen LogP contribution in [0.1, 0.15) is 40.9 Å². The predicted molar refractivity (Wildman–Crippen MR) is 129 cm³/mol. The van der Waals surface area contributed by atoms with Crippen LogP contribution in [0.4, 0.5) is 5.69 Å². The SMILES string of the molecule is CCCOC(=O)c1cccc(N2C(=O)C(=O)/C(=C(/O)c3cccc(OC)c3)C2c2cccnc2)c1. The molecule has 1 N–H and O–H groups in total. The van der Waals surface area contributed by atoms with E-state index in [4.69, 9.17) is 9.47 Å². The maximum Gasteiger partial charge on any atom is 0.338 e. The molecule has 8 nitrogen and oxygen atoms in total. The maximum absolute atomic E-state index is 13.3. The number of ketones is 1. The van der Waals surface area contributed by atoms with Crippen LogP contribution in [0.2, 0.25) is 0 Å². The van der Waals surface area contributed by atoms with E-state index in [1.54, 1.807) is 60.8 Å². The number of carbonyl (C=O) groups is 3. The topological polar surface area (TPSA) is 106 Å². The van der Waals surface area contributed by atoms with E-state index in [-0.39, 0.29) is 23.5 Å². The van der Waals surface area contributed by atoms with Gasteiger partial charge in [0, 0.05) is 23.6 Å². The normalized spacial score (nSPS) is 16.9. The molecule has 1 amide bonds. The van der Waals surface area contributed by atoms with Crippen LogP contribution in [0.5, 0.6) is 5.75 Å². The van der Waals surface area contributed by atoms with Gasteiger partial charge in [-0.15, -0.1) is 0 Å². The van der Waals surface area contributed by atoms with Gasteiger partial charge in [-0.2, -0.15) is 0 Å². The number of ether oxygens (including phenoxy) is 2. The fourth-order valence-corrected chi connectivity index (χ4v) is 3.94. The number of aliphatic hydroxyl groups excluding tert-OH is 1. The molecule has 1 unspecified atom stereocenters. The van der Waals surface area contributed by atoms with Crippen LogP contribution >= 0.6 is 0 Å². The summed E-state index contributed by atoms with van der Waals surface area (Å²) in [6, 6.07) is 15.3. The summed E-state index contributed by atoms with van der Waals surface area (Å²) < 4.78 is 10.4. The summed E-state index contributed by atoms with van der Waals surface area (Å²) in [7, 11) is 1.49. The maximum atomic E-state index is 13.3. The van der Waals surface area contributed by atoms with Gasteiger partial charge < -0.3 is 14.6 Å². The van der Waals surface area contributed by atoms with Crippen LogP contribution in [-0.2, 0) is 14.3 Å². The van der Waals surface area contributed by atoms with Gasteiger partial charge in [-0.05, 0) is 48.4 Å². The van der Waals surface area contributed by atoms with Gasteiger partial charge in [0.05, 0.1) is 30.9 Å². The van der Waals surface area contributed by atoms with E-state index < -0.39 is 23.7 Å². The van der Waals surface area contributed by atoms with Gasteiger partial charge in [0.1, 0.15) is 11.5 Å². The zero-order valence-corrected chi connectivity index (χ0v) is 19.3. The molecule has 2 aromatic carbocycles. The molecule has 4 rings (SSSR count). The van der Waals surface area contributed by atoms with E-state index in [9.17, 15) is 19.5 Å². The van der Waals surface area contributed by atoms with Crippen molar-refractivity contribution in [3.63, 3.8) is 0 Å². The molecule has 2 heterocycles. The second kappa shape index (κ2) is 10.2. The average Bonchev–Trinajstić information content (AvgIpc) is 3.17. The molecule has 1 saturated heterocycles. The third kappa shape index (κ3) is 4.63. The molecule has 178 valence electrons. The number of aromatic nitrogens is 1. The molecule has 0 aliphatic carbocycles. The first kappa shape index (κ1) is 23.7. The first-order chi connectivity index (χ1) is 17.0. The molecular weight excluding hydrogens is 448 g/mol. The number of benzene rings is 2. The van der Waals surface area contributed by atoms with Crippen molar-refractivity contribution in [2.75, 3.05) is 18.6 Å². The van der Waals surface area contributed by atoms with E-state index in [2.05, 4.69) is 4.98 Å². The molecule has 0 bridgehead atoms. The molecule has 1 aliphatic rings. The molecule has 0 saturated carbocycles. The minimum Gasteiger partial charge on any atom is -0.507 e. The predicted octanol–water partition coefficient (Wildman–Crippen LogP) is 4.28. The zero-order valence-electron chi connectivity index (χ0n) is 19.3. The van der Waals surface area contributed by atoms with Crippen LogP contribution in [-0.4, -0.2) is 41.5 Å². The average molecular weight is 472 g/mol. The van der Waals surface area contributed by atoms with Crippen molar-refractivity contribution in [2.45, 2.75) is 19.4 Å². The Labute approximate surface area is 202 Å². The first-order valence-corrected chi connectivity index (χ1v) is 11.1. The van der Waals surface area contributed by atoms with Crippen molar-refractivity contribution in [2.24, 2.45) is 0 Å². The summed E-state index contributed by atoms with van der Waals surface area (Å²) >= 11 is 0. The van der Waals surface area contributed by atoms with Crippen molar-refractivity contribution in [3.8, 4) is 5.75 Å². The molecule has 3 aromatic rings. The third-order valence-corrected chi connectivity index (χ3v) is 5.59. The highest BCUT2D eigenvalue weighted by Gasteiger charge is 2.47. The molecule has 8 heteroatoms. The number of methoxy groups -OCH3 is 1. The van der Waals surface area contributed by atoms with Gasteiger partial charge in [-0.1, -0.05) is 31.2 Å². The van der Waals surface area contributed by atoms with Crippen molar-refractivity contribution < 1.29 is 29.0 Å². The van der Waals surface area contributed by atoms with Crippen LogP contribution in [0, 0.1) is 0 Å². The first-order valence-electron chi connectivity index (χ1n) is 11.1. The Morgan fingerprint density at radius 1 is 1.06 bits per heavy atom. The fraction of sp³-hybridized carbons (Fsp3) is 0.185. The third-order valence-electron chi connectivity index (χ3n) is 5.59. The number of Topliss-reactive ketones (excluding diaryl/α,β-unsaturated/α-hetero) is 1. The second-order valence-corrected chi connectivity index (χ2v) is 7.87. The summed E-state index contributed by atoms with van der Waals surface area (Å²) in [5.41, 5.74) is 1.32. The highest BCUT2D eigenvalue weighted by Crippen LogP contribution is 2.42. The summed E-state index contributed by atoms with van der Waals surface area (Å²) in [6.07, 6.45) is 3.77. The van der Waals surface area contributed by atoms with Gasteiger partial charge >= 0.3 is 5.97 Å². The number of hydrogen-bond acceptors (Lipinski definition) is 7.